The van der Waals surface area contributed by atoms with Crippen molar-refractivity contribution in [3.63, 3.8) is 0 Å². The molecule has 0 bridgehead atoms. The second-order valence-corrected chi connectivity index (χ2v) is 5.16. The maximum atomic E-state index is 11.6. The Kier molecular flexibility index (Phi) is 4.74. The molecule has 0 saturated carbocycles. The molecule has 4 nitrogen and oxygen atoms in total. The molecule has 4 heteroatoms. The number of rotatable bonds is 5. The highest BCUT2D eigenvalue weighted by Crippen LogP contribution is 2.30. The first-order valence-electron chi connectivity index (χ1n) is 6.24. The van der Waals surface area contributed by atoms with Crippen molar-refractivity contribution in [1.29, 1.82) is 0 Å². The first-order chi connectivity index (χ1) is 7.51. The second kappa shape index (κ2) is 5.64. The summed E-state index contributed by atoms with van der Waals surface area (Å²) in [6.07, 6.45) is 2.92. The van der Waals surface area contributed by atoms with Crippen LogP contribution in [-0.2, 0) is 4.79 Å². The van der Waals surface area contributed by atoms with Crippen LogP contribution >= 0.6 is 0 Å². The average molecular weight is 227 g/mol. The van der Waals surface area contributed by atoms with Gasteiger partial charge >= 0.3 is 0 Å². The number of amides is 1. The van der Waals surface area contributed by atoms with Gasteiger partial charge in [-0.05, 0) is 40.2 Å². The van der Waals surface area contributed by atoms with Crippen molar-refractivity contribution in [1.82, 2.24) is 10.2 Å². The zero-order valence-electron chi connectivity index (χ0n) is 10.8. The standard InChI is InChI=1S/C12H25N3O/c1-4-14-11(16)8-10(9-13)15-7-5-6-12(15,2)3/h10H,4-9,13H2,1-3H3,(H,14,16). The average Bonchev–Trinajstić information content (AvgIpc) is 2.55. The van der Waals surface area contributed by atoms with E-state index in [9.17, 15) is 4.79 Å². The highest BCUT2D eigenvalue weighted by molar-refractivity contribution is 5.76. The number of hydrogen-bond donors (Lipinski definition) is 2. The fraction of sp³-hybridized carbons (Fsp3) is 0.917. The molecule has 1 saturated heterocycles. The third-order valence-corrected chi connectivity index (χ3v) is 3.47. The van der Waals surface area contributed by atoms with Crippen LogP contribution in [0.15, 0.2) is 0 Å². The third kappa shape index (κ3) is 3.19. The molecule has 1 heterocycles. The number of nitrogens with zero attached hydrogens (tertiary/aromatic N) is 1. The maximum Gasteiger partial charge on any atom is 0.221 e. The van der Waals surface area contributed by atoms with Gasteiger partial charge in [-0.15, -0.1) is 0 Å². The molecule has 0 spiro atoms. The molecule has 1 unspecified atom stereocenters. The summed E-state index contributed by atoms with van der Waals surface area (Å²) in [5.41, 5.74) is 5.99. The van der Waals surface area contributed by atoms with Crippen LogP contribution in [0.1, 0.15) is 40.0 Å². The predicted octanol–water partition coefficient (Wildman–Crippen LogP) is 0.714. The van der Waals surface area contributed by atoms with Crippen LogP contribution in [-0.4, -0.2) is 42.0 Å². The molecule has 1 atom stereocenters. The van der Waals surface area contributed by atoms with Crippen LogP contribution in [0, 0.1) is 0 Å². The van der Waals surface area contributed by atoms with Gasteiger partial charge in [0, 0.05) is 31.1 Å². The molecule has 1 fully saturated rings. The molecule has 0 aromatic rings. The molecule has 16 heavy (non-hydrogen) atoms. The van der Waals surface area contributed by atoms with Crippen molar-refractivity contribution in [2.45, 2.75) is 51.6 Å². The van der Waals surface area contributed by atoms with E-state index < -0.39 is 0 Å². The molecule has 0 aromatic heterocycles. The minimum atomic E-state index is 0.112. The Labute approximate surface area is 98.6 Å². The summed E-state index contributed by atoms with van der Waals surface area (Å²) in [5.74, 6) is 0.112. The van der Waals surface area contributed by atoms with E-state index in [1.54, 1.807) is 0 Å². The second-order valence-electron chi connectivity index (χ2n) is 5.16. The summed E-state index contributed by atoms with van der Waals surface area (Å²) in [4.78, 5) is 14.0. The lowest BCUT2D eigenvalue weighted by Crippen LogP contribution is -2.50. The molecule has 1 rings (SSSR count). The number of carbonyl (C=O) groups excluding carboxylic acids is 1. The zero-order valence-corrected chi connectivity index (χ0v) is 10.8. The smallest absolute Gasteiger partial charge is 0.221 e. The molecule has 1 aliphatic heterocycles. The topological polar surface area (TPSA) is 58.4 Å². The lowest BCUT2D eigenvalue weighted by atomic mass is 9.99. The van der Waals surface area contributed by atoms with Crippen LogP contribution in [0.25, 0.3) is 0 Å². The van der Waals surface area contributed by atoms with Gasteiger partial charge in [-0.2, -0.15) is 0 Å². The summed E-state index contributed by atoms with van der Waals surface area (Å²) in [7, 11) is 0. The van der Waals surface area contributed by atoms with Gasteiger partial charge in [0.25, 0.3) is 0 Å². The first-order valence-corrected chi connectivity index (χ1v) is 6.24. The van der Waals surface area contributed by atoms with Gasteiger partial charge in [-0.25, -0.2) is 0 Å². The largest absolute Gasteiger partial charge is 0.356 e. The van der Waals surface area contributed by atoms with E-state index in [1.807, 2.05) is 6.92 Å². The Morgan fingerprint density at radius 1 is 1.56 bits per heavy atom. The van der Waals surface area contributed by atoms with Crippen molar-refractivity contribution >= 4 is 5.91 Å². The molecular formula is C12H25N3O. The summed E-state index contributed by atoms with van der Waals surface area (Å²) in [5, 5.41) is 2.84. The molecule has 0 aliphatic carbocycles. The van der Waals surface area contributed by atoms with Crippen molar-refractivity contribution in [3.8, 4) is 0 Å². The normalized spacial score (nSPS) is 22.0. The van der Waals surface area contributed by atoms with E-state index >= 15 is 0 Å². The van der Waals surface area contributed by atoms with E-state index in [-0.39, 0.29) is 17.5 Å². The van der Waals surface area contributed by atoms with Gasteiger partial charge in [0.1, 0.15) is 0 Å². The van der Waals surface area contributed by atoms with Gasteiger partial charge in [-0.3, -0.25) is 9.69 Å². The van der Waals surface area contributed by atoms with Crippen molar-refractivity contribution in [3.05, 3.63) is 0 Å². The summed E-state index contributed by atoms with van der Waals surface area (Å²) >= 11 is 0. The van der Waals surface area contributed by atoms with Gasteiger partial charge in [0.15, 0.2) is 0 Å². The van der Waals surface area contributed by atoms with Crippen molar-refractivity contribution < 1.29 is 4.79 Å². The molecule has 0 radical (unpaired) electrons. The molecule has 1 amide bonds. The van der Waals surface area contributed by atoms with E-state index in [0.29, 0.717) is 19.5 Å². The summed E-state index contributed by atoms with van der Waals surface area (Å²) in [6.45, 7) is 8.73. The third-order valence-electron chi connectivity index (χ3n) is 3.47. The molecule has 0 aromatic carbocycles. The van der Waals surface area contributed by atoms with Crippen molar-refractivity contribution in [2.75, 3.05) is 19.6 Å². The molecule has 3 N–H and O–H groups in total. The number of carbonyl (C=O) groups is 1. The van der Waals surface area contributed by atoms with Gasteiger partial charge in [-0.1, -0.05) is 0 Å². The van der Waals surface area contributed by atoms with Crippen molar-refractivity contribution in [2.24, 2.45) is 5.73 Å². The molecule has 1 aliphatic rings. The van der Waals surface area contributed by atoms with Crippen LogP contribution in [0.2, 0.25) is 0 Å². The SMILES string of the molecule is CCNC(=O)CC(CN)N1CCCC1(C)C. The van der Waals surface area contributed by atoms with E-state index in [2.05, 4.69) is 24.1 Å². The molecule has 94 valence electrons. The molecular weight excluding hydrogens is 202 g/mol. The number of likely N-dealkylation sites (tertiary alicyclic amines) is 1. The first kappa shape index (κ1) is 13.5. The van der Waals surface area contributed by atoms with Gasteiger partial charge < -0.3 is 11.1 Å². The van der Waals surface area contributed by atoms with Crippen LogP contribution in [0.3, 0.4) is 0 Å². The Morgan fingerprint density at radius 3 is 2.69 bits per heavy atom. The van der Waals surface area contributed by atoms with Gasteiger partial charge in [0.05, 0.1) is 0 Å². The van der Waals surface area contributed by atoms with E-state index in [0.717, 1.165) is 6.54 Å². The predicted molar refractivity (Wildman–Crippen MR) is 66.2 cm³/mol. The minimum absolute atomic E-state index is 0.112. The van der Waals surface area contributed by atoms with E-state index in [1.165, 1.54) is 12.8 Å². The number of hydrogen-bond acceptors (Lipinski definition) is 3. The fourth-order valence-corrected chi connectivity index (χ4v) is 2.61. The Morgan fingerprint density at radius 2 is 2.25 bits per heavy atom. The maximum absolute atomic E-state index is 11.6. The Bertz CT molecular complexity index is 240. The summed E-state index contributed by atoms with van der Waals surface area (Å²) in [6, 6.07) is 0.184. The number of nitrogens with two attached hydrogens (primary N) is 1. The zero-order chi connectivity index (χ0) is 12.2. The van der Waals surface area contributed by atoms with Gasteiger partial charge in [0.2, 0.25) is 5.91 Å². The highest BCUT2D eigenvalue weighted by Gasteiger charge is 2.36. The fourth-order valence-electron chi connectivity index (χ4n) is 2.61. The minimum Gasteiger partial charge on any atom is -0.356 e. The van der Waals surface area contributed by atoms with E-state index in [4.69, 9.17) is 5.73 Å². The monoisotopic (exact) mass is 227 g/mol. The lowest BCUT2D eigenvalue weighted by Gasteiger charge is -2.37. The number of nitrogens with one attached hydrogen (secondary N) is 1. The lowest BCUT2D eigenvalue weighted by molar-refractivity contribution is -0.122. The van der Waals surface area contributed by atoms with Crippen LogP contribution in [0.5, 0.6) is 0 Å². The summed E-state index contributed by atoms with van der Waals surface area (Å²) < 4.78 is 0. The van der Waals surface area contributed by atoms with Crippen LogP contribution < -0.4 is 11.1 Å². The highest BCUT2D eigenvalue weighted by atomic mass is 16.1. The Hall–Kier alpha value is -0.610. The Balaban J connectivity index is 2.57. The van der Waals surface area contributed by atoms with Crippen LogP contribution in [0.4, 0.5) is 0 Å². The quantitative estimate of drug-likeness (QED) is 0.727.